The van der Waals surface area contributed by atoms with Crippen LogP contribution >= 0.6 is 0 Å². The van der Waals surface area contributed by atoms with E-state index in [2.05, 4.69) is 106 Å². The number of hydrogen-bond acceptors (Lipinski definition) is 3. The van der Waals surface area contributed by atoms with Gasteiger partial charge in [0, 0.05) is 34.5 Å². The molecule has 6 heteroatoms. The van der Waals surface area contributed by atoms with E-state index < -0.39 is 0 Å². The van der Waals surface area contributed by atoms with Gasteiger partial charge in [0.1, 0.15) is 5.82 Å². The van der Waals surface area contributed by atoms with Gasteiger partial charge in [-0.05, 0) is 78.6 Å². The van der Waals surface area contributed by atoms with E-state index in [0.717, 1.165) is 56.0 Å². The Hall–Kier alpha value is -4.47. The first kappa shape index (κ1) is 31.5. The molecule has 0 amide bonds. The van der Waals surface area contributed by atoms with Gasteiger partial charge in [-0.25, -0.2) is 4.98 Å². The van der Waals surface area contributed by atoms with Crippen molar-refractivity contribution in [3.63, 3.8) is 0 Å². The summed E-state index contributed by atoms with van der Waals surface area (Å²) in [5.74, 6) is 3.07. The largest absolute Gasteiger partial charge is 2.00 e. The summed E-state index contributed by atoms with van der Waals surface area (Å²) in [7, 11) is 0. The zero-order valence-electron chi connectivity index (χ0n) is 26.9. The predicted octanol–water partition coefficient (Wildman–Crippen LogP) is 10.1. The van der Waals surface area contributed by atoms with E-state index in [1.54, 1.807) is 0 Å². The average molecular weight is 784 g/mol. The fourth-order valence-electron chi connectivity index (χ4n) is 6.19. The molecule has 3 heterocycles. The second kappa shape index (κ2) is 12.7. The maximum absolute atomic E-state index is 6.43. The molecule has 7 rings (SSSR count). The molecule has 0 saturated carbocycles. The third-order valence-corrected chi connectivity index (χ3v) is 8.88. The van der Waals surface area contributed by atoms with Gasteiger partial charge in [0.05, 0.1) is 5.69 Å². The smallest absolute Gasteiger partial charge is 0.509 e. The Labute approximate surface area is 285 Å². The molecular weight excluding hydrogens is 748 g/mol. The molecule has 0 radical (unpaired) electrons. The molecule has 0 N–H and O–H groups in total. The molecule has 1 unspecified atom stereocenters. The molecule has 0 saturated heterocycles. The minimum absolute atomic E-state index is 0. The van der Waals surface area contributed by atoms with Crippen molar-refractivity contribution in [1.29, 1.82) is 0 Å². The van der Waals surface area contributed by atoms with Crippen LogP contribution in [0.5, 0.6) is 11.5 Å². The van der Waals surface area contributed by atoms with E-state index in [1.165, 1.54) is 10.9 Å². The molecule has 0 aliphatic carbocycles. The van der Waals surface area contributed by atoms with Gasteiger partial charge in [0.2, 0.25) is 0 Å². The first-order valence-corrected chi connectivity index (χ1v) is 15.5. The average Bonchev–Trinajstić information content (AvgIpc) is 3.53. The quantitative estimate of drug-likeness (QED) is 0.151. The van der Waals surface area contributed by atoms with Crippen molar-refractivity contribution < 1.29 is 25.8 Å². The molecule has 4 aromatic carbocycles. The third kappa shape index (κ3) is 5.69. The Kier molecular flexibility index (Phi) is 8.72. The van der Waals surface area contributed by atoms with Gasteiger partial charge in [-0.2, -0.15) is 17.2 Å². The predicted molar refractivity (Wildman–Crippen MR) is 183 cm³/mol. The Balaban J connectivity index is 0.00000372. The molecule has 232 valence electrons. The van der Waals surface area contributed by atoms with E-state index in [1.807, 2.05) is 54.2 Å². The normalized spacial score (nSPS) is 12.1. The van der Waals surface area contributed by atoms with E-state index in [-0.39, 0.29) is 21.1 Å². The van der Waals surface area contributed by atoms with Crippen molar-refractivity contribution in [2.45, 2.75) is 47.5 Å². The number of hydrogen-bond donors (Lipinski definition) is 0. The van der Waals surface area contributed by atoms with Crippen LogP contribution in [0.4, 0.5) is 0 Å². The zero-order chi connectivity index (χ0) is 31.2. The summed E-state index contributed by atoms with van der Waals surface area (Å²) < 4.78 is 10.6. The van der Waals surface area contributed by atoms with E-state index in [0.29, 0.717) is 23.3 Å². The van der Waals surface area contributed by atoms with E-state index in [9.17, 15) is 0 Å². The Morgan fingerprint density at radius 3 is 2.30 bits per heavy atom. The van der Waals surface area contributed by atoms with Crippen LogP contribution in [-0.4, -0.2) is 19.3 Å². The first-order chi connectivity index (χ1) is 21.8. The number of aryl methyl sites for hydroxylation is 2. The van der Waals surface area contributed by atoms with Gasteiger partial charge in [0.15, 0.2) is 0 Å². The van der Waals surface area contributed by atoms with E-state index in [4.69, 9.17) is 14.8 Å². The monoisotopic (exact) mass is 783 g/mol. The molecule has 1 atom stereocenters. The van der Waals surface area contributed by atoms with E-state index >= 15 is 0 Å². The molecule has 5 nitrogen and oxygen atoms in total. The number of aromatic nitrogens is 4. The third-order valence-electron chi connectivity index (χ3n) is 8.88. The van der Waals surface area contributed by atoms with Crippen LogP contribution in [0, 0.1) is 38.8 Å². The van der Waals surface area contributed by atoms with Crippen molar-refractivity contribution in [2.75, 3.05) is 0 Å². The first-order valence-electron chi connectivity index (χ1n) is 15.5. The summed E-state index contributed by atoms with van der Waals surface area (Å²) in [5.41, 5.74) is 9.65. The van der Waals surface area contributed by atoms with Crippen LogP contribution in [0.2, 0.25) is 0 Å². The molecular formula is C40H36N4OPt. The Morgan fingerprint density at radius 2 is 1.54 bits per heavy atom. The standard InChI is InChI=1S/C40H36N4O.Pt/c1-25(2)27(4)31-15-18-37-36(22-31)35-17-16-34(24-38(35)43(37)39-21-26(3)19-20-41-39)45-33-14-10-13-32(23-33)44-29(6)40(28(5)42-44)30-11-8-7-9-12-30;/h7-22,25,27H,1-6H3;/q-2;+2. The van der Waals surface area contributed by atoms with Gasteiger partial charge in [-0.1, -0.05) is 68.8 Å². The maximum atomic E-state index is 6.43. The van der Waals surface area contributed by atoms with Crippen LogP contribution in [0.15, 0.2) is 97.2 Å². The van der Waals surface area contributed by atoms with Crippen molar-refractivity contribution in [2.24, 2.45) is 5.92 Å². The second-order valence-electron chi connectivity index (χ2n) is 12.2. The zero-order valence-corrected chi connectivity index (χ0v) is 29.2. The van der Waals surface area contributed by atoms with Crippen LogP contribution in [0.3, 0.4) is 0 Å². The molecule has 7 aromatic rings. The number of pyridine rings is 1. The summed E-state index contributed by atoms with van der Waals surface area (Å²) in [4.78, 5) is 4.75. The molecule has 0 fully saturated rings. The second-order valence-corrected chi connectivity index (χ2v) is 12.2. The van der Waals surface area contributed by atoms with Gasteiger partial charge in [0.25, 0.3) is 0 Å². The molecule has 0 aliphatic rings. The number of nitrogens with zero attached hydrogens (tertiary/aromatic N) is 4. The van der Waals surface area contributed by atoms with Crippen molar-refractivity contribution in [3.05, 3.63) is 132 Å². The molecule has 0 aliphatic heterocycles. The summed E-state index contributed by atoms with van der Waals surface area (Å²) in [6.07, 6.45) is 1.86. The summed E-state index contributed by atoms with van der Waals surface area (Å²) in [6.45, 7) is 13.1. The minimum Gasteiger partial charge on any atom is -0.509 e. The van der Waals surface area contributed by atoms with Gasteiger partial charge in [-0.15, -0.1) is 35.7 Å². The van der Waals surface area contributed by atoms with Crippen LogP contribution in [0.1, 0.15) is 49.2 Å². The SMILES string of the molecule is Cc1ccnc(-n2c3[c-]c(Oc4[c-]c(-n5nc(C)c(-c6ccccc6)c5C)ccc4)ccc3c3cc(C(C)C(C)C)ccc32)c1.[Pt+2]. The Morgan fingerprint density at radius 1 is 0.761 bits per heavy atom. The molecule has 3 aromatic heterocycles. The van der Waals surface area contributed by atoms with Crippen LogP contribution in [-0.2, 0) is 21.1 Å². The van der Waals surface area contributed by atoms with Gasteiger partial charge >= 0.3 is 21.1 Å². The maximum Gasteiger partial charge on any atom is 2.00 e. The summed E-state index contributed by atoms with van der Waals surface area (Å²) >= 11 is 0. The molecule has 0 spiro atoms. The molecule has 0 bridgehead atoms. The Bertz CT molecular complexity index is 2180. The number of fused-ring (bicyclic) bond motifs is 3. The van der Waals surface area contributed by atoms with Crippen molar-refractivity contribution in [3.8, 4) is 34.1 Å². The van der Waals surface area contributed by atoms with Crippen molar-refractivity contribution >= 4 is 21.8 Å². The summed E-state index contributed by atoms with van der Waals surface area (Å²) in [5, 5.41) is 7.17. The topological polar surface area (TPSA) is 44.9 Å². The summed E-state index contributed by atoms with van der Waals surface area (Å²) in [6, 6.07) is 38.4. The fourth-order valence-corrected chi connectivity index (χ4v) is 6.19. The number of rotatable bonds is 7. The number of ether oxygens (including phenoxy) is 1. The fraction of sp³-hybridized carbons (Fsp3) is 0.200. The van der Waals surface area contributed by atoms with Gasteiger partial charge < -0.3 is 9.30 Å². The van der Waals surface area contributed by atoms with Crippen LogP contribution in [0.25, 0.3) is 44.4 Å². The van der Waals surface area contributed by atoms with Crippen LogP contribution < -0.4 is 4.74 Å². The minimum atomic E-state index is 0. The number of benzene rings is 4. The van der Waals surface area contributed by atoms with Crippen molar-refractivity contribution in [1.82, 2.24) is 19.3 Å². The van der Waals surface area contributed by atoms with Gasteiger partial charge in [-0.3, -0.25) is 4.68 Å². The molecule has 46 heavy (non-hydrogen) atoms.